The summed E-state index contributed by atoms with van der Waals surface area (Å²) < 4.78 is 6.92. The van der Waals surface area contributed by atoms with Gasteiger partial charge in [0.15, 0.2) is 0 Å². The van der Waals surface area contributed by atoms with E-state index in [1.54, 1.807) is 0 Å². The van der Waals surface area contributed by atoms with E-state index in [1.165, 1.54) is 0 Å². The van der Waals surface area contributed by atoms with Gasteiger partial charge in [-0.15, -0.1) is 0 Å². The van der Waals surface area contributed by atoms with Crippen LogP contribution in [0.25, 0.3) is 0 Å². The van der Waals surface area contributed by atoms with E-state index in [0.717, 1.165) is 14.5 Å². The zero-order chi connectivity index (χ0) is 12.1. The van der Waals surface area contributed by atoms with Gasteiger partial charge >= 0.3 is 0 Å². The standard InChI is InChI=1S/C10H12Br2N2O2/c11-6-1-2-8(12)7(3-6)9(13)4-16-5-10(14)15/h1-3,9H,4-5,13H2,(H2,14,15). The predicted molar refractivity (Wildman–Crippen MR) is 68.8 cm³/mol. The van der Waals surface area contributed by atoms with Crippen molar-refractivity contribution in [3.63, 3.8) is 0 Å². The van der Waals surface area contributed by atoms with Crippen molar-refractivity contribution >= 4 is 37.8 Å². The number of hydrogen-bond donors (Lipinski definition) is 2. The molecule has 16 heavy (non-hydrogen) atoms. The second kappa shape index (κ2) is 6.34. The zero-order valence-corrected chi connectivity index (χ0v) is 11.6. The number of carbonyl (C=O) groups excluding carboxylic acids is 1. The first kappa shape index (κ1) is 13.6. The highest BCUT2D eigenvalue weighted by Gasteiger charge is 2.11. The van der Waals surface area contributed by atoms with Crippen LogP contribution >= 0.6 is 31.9 Å². The lowest BCUT2D eigenvalue weighted by molar-refractivity contribution is -0.122. The topological polar surface area (TPSA) is 78.3 Å². The summed E-state index contributed by atoms with van der Waals surface area (Å²) in [6, 6.07) is 5.41. The van der Waals surface area contributed by atoms with E-state index in [1.807, 2.05) is 18.2 Å². The predicted octanol–water partition coefficient (Wildman–Crippen LogP) is 1.71. The Morgan fingerprint density at radius 2 is 2.12 bits per heavy atom. The third kappa shape index (κ3) is 4.21. The van der Waals surface area contributed by atoms with Crippen molar-refractivity contribution in [1.29, 1.82) is 0 Å². The van der Waals surface area contributed by atoms with Crippen LogP contribution in [0.2, 0.25) is 0 Å². The van der Waals surface area contributed by atoms with Gasteiger partial charge in [0.1, 0.15) is 6.61 Å². The average Bonchev–Trinajstić information content (AvgIpc) is 2.21. The Bertz CT molecular complexity index is 385. The lowest BCUT2D eigenvalue weighted by Gasteiger charge is -2.14. The van der Waals surface area contributed by atoms with E-state index in [9.17, 15) is 4.79 Å². The van der Waals surface area contributed by atoms with Gasteiger partial charge < -0.3 is 16.2 Å². The highest BCUT2D eigenvalue weighted by Crippen LogP contribution is 2.25. The van der Waals surface area contributed by atoms with Gasteiger partial charge in [0.05, 0.1) is 12.6 Å². The van der Waals surface area contributed by atoms with Crippen LogP contribution in [0.4, 0.5) is 0 Å². The molecule has 0 aliphatic rings. The van der Waals surface area contributed by atoms with Crippen LogP contribution in [-0.2, 0) is 9.53 Å². The number of primary amides is 1. The van der Waals surface area contributed by atoms with Crippen LogP contribution in [0.1, 0.15) is 11.6 Å². The van der Waals surface area contributed by atoms with Gasteiger partial charge in [-0.3, -0.25) is 4.79 Å². The second-order valence-electron chi connectivity index (χ2n) is 3.25. The minimum atomic E-state index is -0.500. The van der Waals surface area contributed by atoms with Gasteiger partial charge in [-0.05, 0) is 23.8 Å². The highest BCUT2D eigenvalue weighted by atomic mass is 79.9. The summed E-state index contributed by atoms with van der Waals surface area (Å²) in [6.07, 6.45) is 0. The van der Waals surface area contributed by atoms with Crippen LogP contribution in [0, 0.1) is 0 Å². The first-order valence-electron chi connectivity index (χ1n) is 4.57. The van der Waals surface area contributed by atoms with Crippen LogP contribution < -0.4 is 11.5 Å². The van der Waals surface area contributed by atoms with E-state index in [0.29, 0.717) is 0 Å². The molecule has 1 rings (SSSR count). The fourth-order valence-electron chi connectivity index (χ4n) is 1.18. The third-order valence-corrected chi connectivity index (χ3v) is 3.11. The summed E-state index contributed by atoms with van der Waals surface area (Å²) in [6.45, 7) is 0.136. The Hall–Kier alpha value is -0.430. The van der Waals surface area contributed by atoms with Crippen molar-refractivity contribution in [2.45, 2.75) is 6.04 Å². The van der Waals surface area contributed by atoms with Crippen LogP contribution in [0.3, 0.4) is 0 Å². The molecule has 1 aromatic carbocycles. The Balaban J connectivity index is 2.61. The van der Waals surface area contributed by atoms with Crippen molar-refractivity contribution in [3.8, 4) is 0 Å². The molecule has 0 spiro atoms. The monoisotopic (exact) mass is 350 g/mol. The van der Waals surface area contributed by atoms with Gasteiger partial charge in [-0.1, -0.05) is 31.9 Å². The lowest BCUT2D eigenvalue weighted by atomic mass is 10.1. The van der Waals surface area contributed by atoms with E-state index in [-0.39, 0.29) is 19.3 Å². The molecule has 0 saturated carbocycles. The Kier molecular flexibility index (Phi) is 5.40. The van der Waals surface area contributed by atoms with Gasteiger partial charge in [-0.25, -0.2) is 0 Å². The molecule has 0 heterocycles. The van der Waals surface area contributed by atoms with E-state index in [2.05, 4.69) is 31.9 Å². The van der Waals surface area contributed by atoms with Gasteiger partial charge in [-0.2, -0.15) is 0 Å². The maximum atomic E-state index is 10.5. The molecule has 4 N–H and O–H groups in total. The van der Waals surface area contributed by atoms with Crippen LogP contribution in [0.15, 0.2) is 27.1 Å². The van der Waals surface area contributed by atoms with E-state index < -0.39 is 5.91 Å². The molecule has 0 radical (unpaired) electrons. The summed E-state index contributed by atoms with van der Waals surface area (Å²) in [5.41, 5.74) is 11.8. The number of halogens is 2. The summed E-state index contributed by atoms with van der Waals surface area (Å²) in [5, 5.41) is 0. The molecule has 0 aliphatic carbocycles. The fourth-order valence-corrected chi connectivity index (χ4v) is 2.09. The van der Waals surface area contributed by atoms with Crippen LogP contribution in [0.5, 0.6) is 0 Å². The molecule has 1 amide bonds. The molecule has 1 aromatic rings. The highest BCUT2D eigenvalue weighted by molar-refractivity contribution is 9.11. The number of rotatable bonds is 5. The minimum absolute atomic E-state index is 0.112. The maximum Gasteiger partial charge on any atom is 0.243 e. The Morgan fingerprint density at radius 3 is 2.75 bits per heavy atom. The van der Waals surface area contributed by atoms with Crippen molar-refractivity contribution in [2.75, 3.05) is 13.2 Å². The van der Waals surface area contributed by atoms with Crippen LogP contribution in [-0.4, -0.2) is 19.1 Å². The number of hydrogen-bond acceptors (Lipinski definition) is 3. The molecular formula is C10H12Br2N2O2. The summed E-state index contributed by atoms with van der Waals surface area (Å²) >= 11 is 6.77. The number of amides is 1. The number of benzene rings is 1. The van der Waals surface area contributed by atoms with Gasteiger partial charge in [0, 0.05) is 8.95 Å². The Labute approximate surface area is 111 Å². The SMILES string of the molecule is NC(=O)COCC(N)c1cc(Br)ccc1Br. The average molecular weight is 352 g/mol. The fraction of sp³-hybridized carbons (Fsp3) is 0.300. The molecule has 0 fully saturated rings. The minimum Gasteiger partial charge on any atom is -0.370 e. The summed E-state index contributed by atoms with van der Waals surface area (Å²) in [7, 11) is 0. The first-order valence-corrected chi connectivity index (χ1v) is 6.16. The largest absolute Gasteiger partial charge is 0.370 e. The van der Waals surface area contributed by atoms with Crippen molar-refractivity contribution < 1.29 is 9.53 Å². The molecule has 1 unspecified atom stereocenters. The first-order chi connectivity index (χ1) is 7.50. The van der Waals surface area contributed by atoms with E-state index >= 15 is 0 Å². The van der Waals surface area contributed by atoms with Crippen molar-refractivity contribution in [2.24, 2.45) is 11.5 Å². The molecule has 88 valence electrons. The molecule has 6 heteroatoms. The molecule has 4 nitrogen and oxygen atoms in total. The molecule has 0 bridgehead atoms. The zero-order valence-electron chi connectivity index (χ0n) is 8.45. The molecule has 0 aliphatic heterocycles. The maximum absolute atomic E-state index is 10.5. The molecule has 0 aromatic heterocycles. The smallest absolute Gasteiger partial charge is 0.243 e. The lowest BCUT2D eigenvalue weighted by Crippen LogP contribution is -2.23. The van der Waals surface area contributed by atoms with E-state index in [4.69, 9.17) is 16.2 Å². The van der Waals surface area contributed by atoms with Crippen molar-refractivity contribution in [1.82, 2.24) is 0 Å². The van der Waals surface area contributed by atoms with Gasteiger partial charge in [0.25, 0.3) is 0 Å². The molecule has 1 atom stereocenters. The molecular weight excluding hydrogens is 340 g/mol. The quantitative estimate of drug-likeness (QED) is 0.847. The summed E-state index contributed by atoms with van der Waals surface area (Å²) in [4.78, 5) is 10.5. The number of ether oxygens (including phenoxy) is 1. The van der Waals surface area contributed by atoms with Crippen molar-refractivity contribution in [3.05, 3.63) is 32.7 Å². The third-order valence-electron chi connectivity index (χ3n) is 1.90. The number of carbonyl (C=O) groups is 1. The molecule has 0 saturated heterocycles. The van der Waals surface area contributed by atoms with Gasteiger partial charge in [0.2, 0.25) is 5.91 Å². The normalized spacial score (nSPS) is 12.4. The second-order valence-corrected chi connectivity index (χ2v) is 5.02. The Morgan fingerprint density at radius 1 is 1.44 bits per heavy atom. The number of nitrogens with two attached hydrogens (primary N) is 2. The summed E-state index contributed by atoms with van der Waals surface area (Å²) in [5.74, 6) is -0.500.